The SMILES string of the molecule is CCC1CN(C(=O)C(C)C(N)=NO)CCO1. The number of hydrogen-bond acceptors (Lipinski definition) is 4. The summed E-state index contributed by atoms with van der Waals surface area (Å²) in [6, 6.07) is 0. The Balaban J connectivity index is 2.59. The first-order valence-corrected chi connectivity index (χ1v) is 5.48. The van der Waals surface area contributed by atoms with Gasteiger partial charge in [0.1, 0.15) is 0 Å². The molecule has 1 fully saturated rings. The number of nitrogens with zero attached hydrogens (tertiary/aromatic N) is 2. The fourth-order valence-electron chi connectivity index (χ4n) is 1.65. The zero-order valence-electron chi connectivity index (χ0n) is 9.72. The summed E-state index contributed by atoms with van der Waals surface area (Å²) >= 11 is 0. The van der Waals surface area contributed by atoms with Gasteiger partial charge in [0.2, 0.25) is 5.91 Å². The lowest BCUT2D eigenvalue weighted by Gasteiger charge is -2.33. The predicted molar refractivity (Wildman–Crippen MR) is 59.2 cm³/mol. The van der Waals surface area contributed by atoms with E-state index < -0.39 is 5.92 Å². The predicted octanol–water partition coefficient (Wildman–Crippen LogP) is 0.00630. The monoisotopic (exact) mass is 229 g/mol. The Hall–Kier alpha value is -1.30. The summed E-state index contributed by atoms with van der Waals surface area (Å²) < 4.78 is 5.47. The fraction of sp³-hybridized carbons (Fsp3) is 0.800. The molecule has 1 heterocycles. The van der Waals surface area contributed by atoms with Gasteiger partial charge in [0.05, 0.1) is 18.6 Å². The van der Waals surface area contributed by atoms with Crippen LogP contribution in [0.1, 0.15) is 20.3 Å². The minimum Gasteiger partial charge on any atom is -0.409 e. The third-order valence-electron chi connectivity index (χ3n) is 2.84. The lowest BCUT2D eigenvalue weighted by Crippen LogP contribution is -2.49. The van der Waals surface area contributed by atoms with Gasteiger partial charge in [-0.1, -0.05) is 12.1 Å². The fourth-order valence-corrected chi connectivity index (χ4v) is 1.65. The van der Waals surface area contributed by atoms with Gasteiger partial charge in [-0.2, -0.15) is 0 Å². The number of carbonyl (C=O) groups excluding carboxylic acids is 1. The van der Waals surface area contributed by atoms with Crippen LogP contribution in [0.2, 0.25) is 0 Å². The number of amidine groups is 1. The van der Waals surface area contributed by atoms with E-state index in [4.69, 9.17) is 15.7 Å². The molecule has 0 spiro atoms. The van der Waals surface area contributed by atoms with Crippen molar-refractivity contribution in [2.75, 3.05) is 19.7 Å². The Bertz CT molecular complexity index is 280. The van der Waals surface area contributed by atoms with E-state index in [9.17, 15) is 4.79 Å². The first-order chi connectivity index (χ1) is 7.60. The van der Waals surface area contributed by atoms with Crippen LogP contribution < -0.4 is 5.73 Å². The third-order valence-corrected chi connectivity index (χ3v) is 2.84. The summed E-state index contributed by atoms with van der Waals surface area (Å²) in [7, 11) is 0. The number of hydrogen-bond donors (Lipinski definition) is 2. The maximum absolute atomic E-state index is 12.0. The average molecular weight is 229 g/mol. The number of morpholine rings is 1. The normalized spacial score (nSPS) is 24.2. The van der Waals surface area contributed by atoms with Crippen molar-refractivity contribution in [3.63, 3.8) is 0 Å². The second-order valence-electron chi connectivity index (χ2n) is 3.93. The Morgan fingerprint density at radius 3 is 3.00 bits per heavy atom. The molecule has 1 rings (SSSR count). The summed E-state index contributed by atoms with van der Waals surface area (Å²) in [5.74, 6) is -0.748. The van der Waals surface area contributed by atoms with Crippen LogP contribution in [0, 0.1) is 5.92 Å². The van der Waals surface area contributed by atoms with Crippen LogP contribution in [0.15, 0.2) is 5.16 Å². The van der Waals surface area contributed by atoms with E-state index in [0.717, 1.165) is 6.42 Å². The van der Waals surface area contributed by atoms with Crippen LogP contribution in [0.4, 0.5) is 0 Å². The van der Waals surface area contributed by atoms with E-state index in [0.29, 0.717) is 19.7 Å². The number of oxime groups is 1. The van der Waals surface area contributed by atoms with Gasteiger partial charge in [0, 0.05) is 13.1 Å². The highest BCUT2D eigenvalue weighted by molar-refractivity contribution is 6.01. The van der Waals surface area contributed by atoms with Gasteiger partial charge in [0.25, 0.3) is 0 Å². The highest BCUT2D eigenvalue weighted by atomic mass is 16.5. The molecule has 1 amide bonds. The van der Waals surface area contributed by atoms with Crippen molar-refractivity contribution in [2.24, 2.45) is 16.8 Å². The Labute approximate surface area is 95.0 Å². The molecule has 0 aliphatic carbocycles. The second kappa shape index (κ2) is 5.69. The minimum absolute atomic E-state index is 0.0514. The zero-order valence-corrected chi connectivity index (χ0v) is 9.72. The van der Waals surface area contributed by atoms with Crippen LogP contribution in [0.25, 0.3) is 0 Å². The van der Waals surface area contributed by atoms with Gasteiger partial charge in [-0.05, 0) is 13.3 Å². The van der Waals surface area contributed by atoms with Crippen LogP contribution in [0.3, 0.4) is 0 Å². The molecular formula is C10H19N3O3. The van der Waals surface area contributed by atoms with Crippen LogP contribution in [-0.4, -0.2) is 47.7 Å². The summed E-state index contributed by atoms with van der Waals surface area (Å²) in [5.41, 5.74) is 5.41. The molecule has 1 aliphatic rings. The molecule has 3 N–H and O–H groups in total. The summed E-state index contributed by atoms with van der Waals surface area (Å²) in [6.07, 6.45) is 0.971. The molecule has 6 heteroatoms. The molecule has 0 radical (unpaired) electrons. The van der Waals surface area contributed by atoms with Crippen LogP contribution in [-0.2, 0) is 9.53 Å². The lowest BCUT2D eigenvalue weighted by molar-refractivity contribution is -0.140. The van der Waals surface area contributed by atoms with Gasteiger partial charge in [-0.15, -0.1) is 0 Å². The molecule has 0 aromatic heterocycles. The Morgan fingerprint density at radius 2 is 2.44 bits per heavy atom. The first-order valence-electron chi connectivity index (χ1n) is 5.48. The number of amides is 1. The molecule has 0 aromatic rings. The Kier molecular flexibility index (Phi) is 4.54. The number of ether oxygens (including phenoxy) is 1. The molecule has 0 aromatic carbocycles. The van der Waals surface area contributed by atoms with Crippen molar-refractivity contribution in [3.05, 3.63) is 0 Å². The van der Waals surface area contributed by atoms with Crippen molar-refractivity contribution >= 4 is 11.7 Å². The zero-order chi connectivity index (χ0) is 12.1. The average Bonchev–Trinajstić information content (AvgIpc) is 2.36. The summed E-state index contributed by atoms with van der Waals surface area (Å²) in [6.45, 7) is 5.35. The smallest absolute Gasteiger partial charge is 0.233 e. The minimum atomic E-state index is -0.583. The highest BCUT2D eigenvalue weighted by Gasteiger charge is 2.28. The third kappa shape index (κ3) is 2.85. The maximum atomic E-state index is 12.0. The number of carbonyl (C=O) groups is 1. The second-order valence-corrected chi connectivity index (χ2v) is 3.93. The molecule has 1 aliphatic heterocycles. The topological polar surface area (TPSA) is 88.2 Å². The van der Waals surface area contributed by atoms with Crippen molar-refractivity contribution in [3.8, 4) is 0 Å². The summed E-state index contributed by atoms with van der Waals surface area (Å²) in [4.78, 5) is 13.7. The van der Waals surface area contributed by atoms with E-state index in [-0.39, 0.29) is 17.8 Å². The van der Waals surface area contributed by atoms with Crippen molar-refractivity contribution in [1.29, 1.82) is 0 Å². The van der Waals surface area contributed by atoms with Gasteiger partial charge in [-0.3, -0.25) is 4.79 Å². The van der Waals surface area contributed by atoms with Crippen molar-refractivity contribution in [2.45, 2.75) is 26.4 Å². The molecule has 2 atom stereocenters. The maximum Gasteiger partial charge on any atom is 0.233 e. The van der Waals surface area contributed by atoms with Gasteiger partial charge >= 0.3 is 0 Å². The molecule has 16 heavy (non-hydrogen) atoms. The molecule has 92 valence electrons. The molecular weight excluding hydrogens is 210 g/mol. The van der Waals surface area contributed by atoms with Gasteiger partial charge in [-0.25, -0.2) is 0 Å². The van der Waals surface area contributed by atoms with Gasteiger partial charge < -0.3 is 20.6 Å². The Morgan fingerprint density at radius 1 is 1.75 bits per heavy atom. The highest BCUT2D eigenvalue weighted by Crippen LogP contribution is 2.11. The number of rotatable bonds is 3. The molecule has 0 saturated carbocycles. The largest absolute Gasteiger partial charge is 0.409 e. The van der Waals surface area contributed by atoms with E-state index in [1.165, 1.54) is 0 Å². The first kappa shape index (κ1) is 12.8. The number of nitrogens with two attached hydrogens (primary N) is 1. The molecule has 0 bridgehead atoms. The summed E-state index contributed by atoms with van der Waals surface area (Å²) in [5, 5.41) is 11.4. The van der Waals surface area contributed by atoms with Crippen molar-refractivity contribution in [1.82, 2.24) is 4.90 Å². The molecule has 6 nitrogen and oxygen atoms in total. The van der Waals surface area contributed by atoms with E-state index in [1.807, 2.05) is 6.92 Å². The van der Waals surface area contributed by atoms with E-state index in [1.54, 1.807) is 11.8 Å². The lowest BCUT2D eigenvalue weighted by atomic mass is 10.1. The molecule has 1 saturated heterocycles. The van der Waals surface area contributed by atoms with E-state index >= 15 is 0 Å². The van der Waals surface area contributed by atoms with Gasteiger partial charge in [0.15, 0.2) is 5.84 Å². The quantitative estimate of drug-likeness (QED) is 0.309. The van der Waals surface area contributed by atoms with Crippen LogP contribution in [0.5, 0.6) is 0 Å². The van der Waals surface area contributed by atoms with Crippen LogP contribution >= 0.6 is 0 Å². The van der Waals surface area contributed by atoms with E-state index in [2.05, 4.69) is 5.16 Å². The van der Waals surface area contributed by atoms with Crippen molar-refractivity contribution < 1.29 is 14.7 Å². The molecule has 2 unspecified atom stereocenters. The standard InChI is InChI=1S/C10H19N3O3/c1-3-8-6-13(4-5-16-8)10(14)7(2)9(11)12-15/h7-8,15H,3-6H2,1-2H3,(H2,11,12).